The molecule has 0 saturated carbocycles. The second kappa shape index (κ2) is 4.63. The van der Waals surface area contributed by atoms with Crippen LogP contribution in [0.3, 0.4) is 0 Å². The molecule has 1 aromatic heterocycles. The summed E-state index contributed by atoms with van der Waals surface area (Å²) < 4.78 is 13.0. The van der Waals surface area contributed by atoms with Gasteiger partial charge in [-0.25, -0.2) is 4.39 Å². The van der Waals surface area contributed by atoms with Gasteiger partial charge in [0.2, 0.25) is 0 Å². The number of aliphatic hydroxyl groups excluding tert-OH is 1. The van der Waals surface area contributed by atoms with Gasteiger partial charge in [0, 0.05) is 11.8 Å². The molecule has 0 bridgehead atoms. The van der Waals surface area contributed by atoms with E-state index in [0.29, 0.717) is 5.56 Å². The smallest absolute Gasteiger partial charge is 0.141 e. The van der Waals surface area contributed by atoms with Crippen molar-refractivity contribution in [2.75, 3.05) is 0 Å². The molecule has 0 aliphatic carbocycles. The predicted octanol–water partition coefficient (Wildman–Crippen LogP) is 2.92. The molecule has 2 aromatic rings. The summed E-state index contributed by atoms with van der Waals surface area (Å²) >= 11 is 0. The molecular weight excluding hydrogens is 217 g/mol. The van der Waals surface area contributed by atoms with Crippen LogP contribution >= 0.6 is 0 Å². The average molecular weight is 231 g/mol. The van der Waals surface area contributed by atoms with E-state index in [0.717, 1.165) is 22.9 Å². The Labute approximate surface area is 99.8 Å². The Balaban J connectivity index is 2.39. The Morgan fingerprint density at radius 2 is 1.65 bits per heavy atom. The highest BCUT2D eigenvalue weighted by molar-refractivity contribution is 5.34. The van der Waals surface area contributed by atoms with Crippen LogP contribution in [-0.2, 0) is 0 Å². The Kier molecular flexibility index (Phi) is 3.20. The summed E-state index contributed by atoms with van der Waals surface area (Å²) in [7, 11) is 0. The van der Waals surface area contributed by atoms with Gasteiger partial charge in [0.25, 0.3) is 0 Å². The molecule has 0 radical (unpaired) electrons. The Morgan fingerprint density at radius 3 is 2.24 bits per heavy atom. The van der Waals surface area contributed by atoms with E-state index in [-0.39, 0.29) is 0 Å². The van der Waals surface area contributed by atoms with Crippen molar-refractivity contribution in [2.24, 2.45) is 0 Å². The van der Waals surface area contributed by atoms with Gasteiger partial charge in [-0.3, -0.25) is 4.98 Å². The molecule has 0 spiro atoms. The second-order valence-corrected chi connectivity index (χ2v) is 4.26. The largest absolute Gasteiger partial charge is 0.384 e. The van der Waals surface area contributed by atoms with E-state index in [9.17, 15) is 9.50 Å². The number of hydrogen-bond donors (Lipinski definition) is 1. The molecular formula is C14H14FNO. The fourth-order valence-electron chi connectivity index (χ4n) is 1.94. The van der Waals surface area contributed by atoms with Crippen LogP contribution in [0.5, 0.6) is 0 Å². The van der Waals surface area contributed by atoms with Gasteiger partial charge < -0.3 is 5.11 Å². The number of aromatic nitrogens is 1. The number of rotatable bonds is 2. The third-order valence-electron chi connectivity index (χ3n) is 2.60. The van der Waals surface area contributed by atoms with Gasteiger partial charge in [-0.05, 0) is 25.5 Å². The first kappa shape index (κ1) is 11.7. The minimum absolute atomic E-state index is 0.439. The van der Waals surface area contributed by atoms with Gasteiger partial charge in [-0.2, -0.15) is 0 Å². The lowest BCUT2D eigenvalue weighted by Crippen LogP contribution is -2.01. The number of nitrogens with zero attached hydrogens (tertiary/aromatic N) is 1. The second-order valence-electron chi connectivity index (χ2n) is 4.26. The van der Waals surface area contributed by atoms with Crippen molar-refractivity contribution in [3.05, 3.63) is 64.7 Å². The summed E-state index contributed by atoms with van der Waals surface area (Å²) in [4.78, 5) is 3.74. The van der Waals surface area contributed by atoms with E-state index < -0.39 is 11.9 Å². The van der Waals surface area contributed by atoms with Gasteiger partial charge in [-0.1, -0.05) is 29.3 Å². The van der Waals surface area contributed by atoms with Crippen LogP contribution in [0.2, 0.25) is 0 Å². The number of aryl methyl sites for hydroxylation is 2. The van der Waals surface area contributed by atoms with E-state index in [4.69, 9.17) is 0 Å². The number of halogens is 1. The maximum Gasteiger partial charge on any atom is 0.141 e. The van der Waals surface area contributed by atoms with Crippen LogP contribution in [-0.4, -0.2) is 10.1 Å². The summed E-state index contributed by atoms with van der Waals surface area (Å²) in [5.41, 5.74) is 3.37. The zero-order valence-corrected chi connectivity index (χ0v) is 9.81. The molecule has 17 heavy (non-hydrogen) atoms. The van der Waals surface area contributed by atoms with Crippen LogP contribution in [0.25, 0.3) is 0 Å². The summed E-state index contributed by atoms with van der Waals surface area (Å²) in [6.45, 7) is 3.93. The molecule has 0 amide bonds. The standard InChI is InChI=1S/C14H14FNO/c1-9-3-10(2)5-11(4-9)14(17)12-6-13(15)8-16-7-12/h3-8,14,17H,1-2H3. The zero-order valence-electron chi connectivity index (χ0n) is 9.81. The molecule has 1 atom stereocenters. The number of aliphatic hydroxyl groups is 1. The van der Waals surface area contributed by atoms with Gasteiger partial charge in [0.15, 0.2) is 0 Å². The van der Waals surface area contributed by atoms with Gasteiger partial charge in [0.05, 0.1) is 6.20 Å². The van der Waals surface area contributed by atoms with Crippen LogP contribution in [0.1, 0.15) is 28.4 Å². The van der Waals surface area contributed by atoms with Gasteiger partial charge in [-0.15, -0.1) is 0 Å². The first-order chi connectivity index (χ1) is 8.06. The first-order valence-corrected chi connectivity index (χ1v) is 5.43. The van der Waals surface area contributed by atoms with Crippen LogP contribution in [0.4, 0.5) is 4.39 Å². The lowest BCUT2D eigenvalue weighted by molar-refractivity contribution is 0.219. The molecule has 88 valence electrons. The molecule has 0 fully saturated rings. The van der Waals surface area contributed by atoms with Crippen molar-refractivity contribution < 1.29 is 9.50 Å². The molecule has 2 nitrogen and oxygen atoms in total. The predicted molar refractivity (Wildman–Crippen MR) is 64.2 cm³/mol. The first-order valence-electron chi connectivity index (χ1n) is 5.43. The highest BCUT2D eigenvalue weighted by atomic mass is 19.1. The topological polar surface area (TPSA) is 33.1 Å². The maximum atomic E-state index is 13.0. The third-order valence-corrected chi connectivity index (χ3v) is 2.60. The normalized spacial score (nSPS) is 12.5. The lowest BCUT2D eigenvalue weighted by Gasteiger charge is -2.12. The molecule has 1 heterocycles. The lowest BCUT2D eigenvalue weighted by atomic mass is 9.99. The van der Waals surface area contributed by atoms with Crippen LogP contribution in [0.15, 0.2) is 36.7 Å². The van der Waals surface area contributed by atoms with Crippen molar-refractivity contribution in [1.82, 2.24) is 4.98 Å². The summed E-state index contributed by atoms with van der Waals surface area (Å²) in [5.74, 6) is -0.439. The molecule has 3 heteroatoms. The monoisotopic (exact) mass is 231 g/mol. The molecule has 0 saturated heterocycles. The molecule has 2 rings (SSSR count). The summed E-state index contributed by atoms with van der Waals surface area (Å²) in [6.07, 6.45) is 1.76. The Hall–Kier alpha value is -1.74. The number of pyridine rings is 1. The van der Waals surface area contributed by atoms with Crippen molar-refractivity contribution >= 4 is 0 Å². The Bertz CT molecular complexity index is 519. The van der Waals surface area contributed by atoms with E-state index >= 15 is 0 Å². The van der Waals surface area contributed by atoms with Crippen molar-refractivity contribution in [3.8, 4) is 0 Å². The third kappa shape index (κ3) is 2.68. The fraction of sp³-hybridized carbons (Fsp3) is 0.214. The minimum atomic E-state index is -0.836. The van der Waals surface area contributed by atoms with Gasteiger partial charge >= 0.3 is 0 Å². The van der Waals surface area contributed by atoms with Crippen molar-refractivity contribution in [2.45, 2.75) is 20.0 Å². The number of benzene rings is 1. The van der Waals surface area contributed by atoms with E-state index in [1.165, 1.54) is 12.3 Å². The van der Waals surface area contributed by atoms with E-state index in [1.54, 1.807) is 0 Å². The SMILES string of the molecule is Cc1cc(C)cc(C(O)c2cncc(F)c2)c1. The number of hydrogen-bond acceptors (Lipinski definition) is 2. The average Bonchev–Trinajstić information content (AvgIpc) is 2.26. The molecule has 0 aliphatic heterocycles. The summed E-state index contributed by atoms with van der Waals surface area (Å²) in [5, 5.41) is 10.2. The van der Waals surface area contributed by atoms with Crippen molar-refractivity contribution in [3.63, 3.8) is 0 Å². The quantitative estimate of drug-likeness (QED) is 0.862. The fourth-order valence-corrected chi connectivity index (χ4v) is 1.94. The van der Waals surface area contributed by atoms with E-state index in [1.807, 2.05) is 32.0 Å². The van der Waals surface area contributed by atoms with Crippen molar-refractivity contribution in [1.29, 1.82) is 0 Å². The van der Waals surface area contributed by atoms with E-state index in [2.05, 4.69) is 4.98 Å². The zero-order chi connectivity index (χ0) is 12.4. The maximum absolute atomic E-state index is 13.0. The summed E-state index contributed by atoms with van der Waals surface area (Å²) in [6, 6.07) is 7.11. The highest BCUT2D eigenvalue weighted by Crippen LogP contribution is 2.23. The highest BCUT2D eigenvalue weighted by Gasteiger charge is 2.12. The van der Waals surface area contributed by atoms with Gasteiger partial charge in [0.1, 0.15) is 11.9 Å². The molecule has 0 aliphatic rings. The molecule has 1 unspecified atom stereocenters. The Morgan fingerprint density at radius 1 is 1.00 bits per heavy atom. The minimum Gasteiger partial charge on any atom is -0.384 e. The molecule has 1 aromatic carbocycles. The molecule has 1 N–H and O–H groups in total. The van der Waals surface area contributed by atoms with Crippen LogP contribution < -0.4 is 0 Å². The van der Waals surface area contributed by atoms with Crippen LogP contribution in [0, 0.1) is 19.7 Å².